The van der Waals surface area contributed by atoms with Crippen LogP contribution in [0.25, 0.3) is 0 Å². The predicted octanol–water partition coefficient (Wildman–Crippen LogP) is 2.75. The Labute approximate surface area is 69.4 Å². The zero-order valence-corrected chi connectivity index (χ0v) is 7.38. The van der Waals surface area contributed by atoms with E-state index >= 15 is 0 Å². The Morgan fingerprint density at radius 3 is 2.55 bits per heavy atom. The van der Waals surface area contributed by atoms with Gasteiger partial charge >= 0.3 is 0 Å². The van der Waals surface area contributed by atoms with Crippen molar-refractivity contribution >= 4 is 0 Å². The molecule has 0 atom stereocenters. The van der Waals surface area contributed by atoms with E-state index in [1.54, 1.807) is 6.26 Å². The molecule has 2 N–H and O–H groups in total. The minimum atomic E-state index is 1.08. The Bertz CT molecular complexity index is 91.6. The Morgan fingerprint density at radius 2 is 1.91 bits per heavy atom. The van der Waals surface area contributed by atoms with Gasteiger partial charge in [-0.3, -0.25) is 0 Å². The largest absolute Gasteiger partial charge is 0.420 e. The summed E-state index contributed by atoms with van der Waals surface area (Å²) >= 11 is 0. The topological polar surface area (TPSA) is 35.2 Å². The molecular weight excluding hydrogens is 138 g/mol. The first-order valence-electron chi connectivity index (χ1n) is 4.42. The molecule has 0 aliphatic carbocycles. The third-order valence-electron chi connectivity index (χ3n) is 1.65. The zero-order valence-electron chi connectivity index (χ0n) is 7.38. The van der Waals surface area contributed by atoms with E-state index in [2.05, 4.69) is 11.8 Å². The summed E-state index contributed by atoms with van der Waals surface area (Å²) in [4.78, 5) is 4.29. The predicted molar refractivity (Wildman–Crippen MR) is 47.8 cm³/mol. The second-order valence-corrected chi connectivity index (χ2v) is 2.71. The Kier molecular flexibility index (Phi) is 9.07. The van der Waals surface area contributed by atoms with Gasteiger partial charge in [-0.05, 0) is 18.9 Å². The van der Waals surface area contributed by atoms with Crippen molar-refractivity contribution in [2.75, 3.05) is 0 Å². The fourth-order valence-electron chi connectivity index (χ4n) is 0.989. The number of nitrogens with two attached hydrogens (primary N) is 1. The highest BCUT2D eigenvalue weighted by Gasteiger charge is 1.85. The summed E-state index contributed by atoms with van der Waals surface area (Å²) in [5.74, 6) is 4.80. The first-order chi connectivity index (χ1) is 5.41. The van der Waals surface area contributed by atoms with E-state index in [0.29, 0.717) is 0 Å². The molecule has 0 aromatic carbocycles. The average molecular weight is 157 g/mol. The number of unbranched alkanes of at least 4 members (excludes halogenated alkanes) is 5. The van der Waals surface area contributed by atoms with Crippen LogP contribution in [0.3, 0.4) is 0 Å². The number of hydrogen-bond donors (Lipinski definition) is 1. The van der Waals surface area contributed by atoms with Gasteiger partial charge in [-0.25, -0.2) is 0 Å². The van der Waals surface area contributed by atoms with Crippen LogP contribution in [0.5, 0.6) is 0 Å². The van der Waals surface area contributed by atoms with Crippen LogP contribution in [0.4, 0.5) is 0 Å². The summed E-state index contributed by atoms with van der Waals surface area (Å²) in [6.45, 7) is 2.22. The van der Waals surface area contributed by atoms with Crippen molar-refractivity contribution in [1.29, 1.82) is 0 Å². The fraction of sp³-hybridized carbons (Fsp3) is 0.778. The minimum Gasteiger partial charge on any atom is -0.420 e. The highest BCUT2D eigenvalue weighted by atomic mass is 16.6. The molecule has 0 spiro atoms. The van der Waals surface area contributed by atoms with Crippen molar-refractivity contribution in [2.24, 2.45) is 5.90 Å². The molecule has 0 aromatic heterocycles. The van der Waals surface area contributed by atoms with Crippen molar-refractivity contribution < 1.29 is 4.84 Å². The Hall–Kier alpha value is -0.500. The van der Waals surface area contributed by atoms with E-state index < -0.39 is 0 Å². The van der Waals surface area contributed by atoms with Crippen molar-refractivity contribution in [2.45, 2.75) is 45.4 Å². The SMILES string of the molecule is CCCCCCC/C=C/ON. The molecule has 66 valence electrons. The van der Waals surface area contributed by atoms with Crippen LogP contribution >= 0.6 is 0 Å². The van der Waals surface area contributed by atoms with Crippen LogP contribution in [-0.4, -0.2) is 0 Å². The number of hydrogen-bond acceptors (Lipinski definition) is 2. The van der Waals surface area contributed by atoms with Crippen LogP contribution in [0.2, 0.25) is 0 Å². The van der Waals surface area contributed by atoms with Crippen LogP contribution in [0.1, 0.15) is 45.4 Å². The lowest BCUT2D eigenvalue weighted by Gasteiger charge is -1.95. The van der Waals surface area contributed by atoms with E-state index in [0.717, 1.165) is 6.42 Å². The summed E-state index contributed by atoms with van der Waals surface area (Å²) < 4.78 is 0. The quantitative estimate of drug-likeness (QED) is 0.350. The molecule has 11 heavy (non-hydrogen) atoms. The Balaban J connectivity index is 2.85. The Morgan fingerprint density at radius 1 is 1.18 bits per heavy atom. The van der Waals surface area contributed by atoms with Crippen molar-refractivity contribution in [3.05, 3.63) is 12.3 Å². The van der Waals surface area contributed by atoms with Crippen LogP contribution in [0.15, 0.2) is 12.3 Å². The first kappa shape index (κ1) is 10.5. The van der Waals surface area contributed by atoms with Crippen molar-refractivity contribution in [3.8, 4) is 0 Å². The molecule has 0 aromatic rings. The van der Waals surface area contributed by atoms with Gasteiger partial charge < -0.3 is 4.84 Å². The van der Waals surface area contributed by atoms with Crippen molar-refractivity contribution in [1.82, 2.24) is 0 Å². The molecule has 0 heterocycles. The molecule has 0 rings (SSSR count). The molecule has 0 radical (unpaired) electrons. The maximum absolute atomic E-state index is 4.80. The van der Waals surface area contributed by atoms with Crippen LogP contribution in [-0.2, 0) is 4.84 Å². The summed E-state index contributed by atoms with van der Waals surface area (Å²) in [5, 5.41) is 0. The summed E-state index contributed by atoms with van der Waals surface area (Å²) in [5.41, 5.74) is 0. The van der Waals surface area contributed by atoms with E-state index in [1.165, 1.54) is 32.1 Å². The molecule has 0 bridgehead atoms. The third-order valence-corrected chi connectivity index (χ3v) is 1.65. The lowest BCUT2D eigenvalue weighted by molar-refractivity contribution is 0.260. The van der Waals surface area contributed by atoms with Crippen LogP contribution in [0, 0.1) is 0 Å². The van der Waals surface area contributed by atoms with Gasteiger partial charge in [0.2, 0.25) is 0 Å². The van der Waals surface area contributed by atoms with Gasteiger partial charge in [0.15, 0.2) is 0 Å². The molecule has 0 fully saturated rings. The van der Waals surface area contributed by atoms with Gasteiger partial charge in [-0.1, -0.05) is 32.6 Å². The lowest BCUT2D eigenvalue weighted by atomic mass is 10.1. The first-order valence-corrected chi connectivity index (χ1v) is 4.42. The van der Waals surface area contributed by atoms with E-state index in [-0.39, 0.29) is 0 Å². The molecule has 0 aliphatic heterocycles. The monoisotopic (exact) mass is 157 g/mol. The average Bonchev–Trinajstić information content (AvgIpc) is 2.03. The van der Waals surface area contributed by atoms with Gasteiger partial charge in [0, 0.05) is 0 Å². The van der Waals surface area contributed by atoms with E-state index in [1.807, 2.05) is 6.08 Å². The molecule has 0 aliphatic rings. The third kappa shape index (κ3) is 9.50. The number of allylic oxidation sites excluding steroid dienone is 1. The van der Waals surface area contributed by atoms with Gasteiger partial charge in [-0.15, -0.1) is 0 Å². The molecule has 2 heteroatoms. The summed E-state index contributed by atoms with van der Waals surface area (Å²) in [7, 11) is 0. The summed E-state index contributed by atoms with van der Waals surface area (Å²) in [6, 6.07) is 0. The number of rotatable bonds is 7. The van der Waals surface area contributed by atoms with Gasteiger partial charge in [0.1, 0.15) is 6.26 Å². The fourth-order valence-corrected chi connectivity index (χ4v) is 0.989. The molecule has 0 saturated heterocycles. The van der Waals surface area contributed by atoms with Crippen LogP contribution < -0.4 is 5.90 Å². The molecule has 0 amide bonds. The van der Waals surface area contributed by atoms with E-state index in [4.69, 9.17) is 5.90 Å². The second-order valence-electron chi connectivity index (χ2n) is 2.71. The van der Waals surface area contributed by atoms with Gasteiger partial charge in [0.25, 0.3) is 0 Å². The standard InChI is InChI=1S/C9H19NO/c1-2-3-4-5-6-7-8-9-11-10/h8-9H,2-7,10H2,1H3/b9-8+. The highest BCUT2D eigenvalue weighted by Crippen LogP contribution is 2.04. The second kappa shape index (κ2) is 9.50. The van der Waals surface area contributed by atoms with Gasteiger partial charge in [-0.2, -0.15) is 5.90 Å². The maximum atomic E-state index is 4.80. The lowest BCUT2D eigenvalue weighted by Crippen LogP contribution is -1.87. The normalized spacial score (nSPS) is 10.7. The minimum absolute atomic E-state index is 1.08. The molecule has 0 unspecified atom stereocenters. The smallest absolute Gasteiger partial charge is 0.106 e. The van der Waals surface area contributed by atoms with E-state index in [9.17, 15) is 0 Å². The van der Waals surface area contributed by atoms with Crippen molar-refractivity contribution in [3.63, 3.8) is 0 Å². The maximum Gasteiger partial charge on any atom is 0.106 e. The molecule has 0 saturated carbocycles. The van der Waals surface area contributed by atoms with Gasteiger partial charge in [0.05, 0.1) is 0 Å². The molecular formula is C9H19NO. The molecule has 2 nitrogen and oxygen atoms in total. The highest BCUT2D eigenvalue weighted by molar-refractivity contribution is 4.71. The zero-order chi connectivity index (χ0) is 8.36. The summed E-state index contributed by atoms with van der Waals surface area (Å²) in [6.07, 6.45) is 11.2.